The van der Waals surface area contributed by atoms with Gasteiger partial charge in [0.1, 0.15) is 0 Å². The Morgan fingerprint density at radius 3 is 2.42 bits per heavy atom. The number of ether oxygens (including phenoxy) is 1. The van der Waals surface area contributed by atoms with Gasteiger partial charge in [0.05, 0.1) is 18.9 Å². The smallest absolute Gasteiger partial charge is 0.235 e. The summed E-state index contributed by atoms with van der Waals surface area (Å²) >= 11 is 0. The quantitative estimate of drug-likeness (QED) is 0.356. The third-order valence-electron chi connectivity index (χ3n) is 4.28. The lowest BCUT2D eigenvalue weighted by Crippen LogP contribution is -2.47. The van der Waals surface area contributed by atoms with Crippen molar-refractivity contribution in [2.75, 3.05) is 45.6 Å². The van der Waals surface area contributed by atoms with Gasteiger partial charge < -0.3 is 20.7 Å². The fourth-order valence-corrected chi connectivity index (χ4v) is 3.81. The number of carbonyl (C=O) groups is 2. The molecular weight excluding hydrogens is 360 g/mol. The summed E-state index contributed by atoms with van der Waals surface area (Å²) in [6.45, 7) is 6.01. The summed E-state index contributed by atoms with van der Waals surface area (Å²) in [7, 11) is -2.04. The van der Waals surface area contributed by atoms with Crippen molar-refractivity contribution in [1.29, 1.82) is 0 Å². The van der Waals surface area contributed by atoms with Crippen LogP contribution in [0.15, 0.2) is 0 Å². The van der Waals surface area contributed by atoms with Crippen molar-refractivity contribution < 1.29 is 22.7 Å². The summed E-state index contributed by atoms with van der Waals surface area (Å²) in [6.07, 6.45) is 1.64. The van der Waals surface area contributed by atoms with Crippen molar-refractivity contribution in [3.63, 3.8) is 0 Å². The third kappa shape index (κ3) is 8.93. The van der Waals surface area contributed by atoms with Crippen molar-refractivity contribution in [3.05, 3.63) is 0 Å². The Hall–Kier alpha value is -1.23. The zero-order chi connectivity index (χ0) is 19.6. The topological polar surface area (TPSA) is 126 Å². The molecule has 0 aromatic rings. The zero-order valence-electron chi connectivity index (χ0n) is 15.9. The van der Waals surface area contributed by atoms with Crippen LogP contribution in [0.1, 0.15) is 33.1 Å². The molecule has 0 spiro atoms. The van der Waals surface area contributed by atoms with Gasteiger partial charge in [0, 0.05) is 31.5 Å². The van der Waals surface area contributed by atoms with E-state index >= 15 is 0 Å². The van der Waals surface area contributed by atoms with E-state index in [1.54, 1.807) is 21.0 Å². The highest BCUT2D eigenvalue weighted by atomic mass is 32.2. The highest BCUT2D eigenvalue weighted by Gasteiger charge is 2.32. The monoisotopic (exact) mass is 392 g/mol. The molecule has 1 fully saturated rings. The number of hydrogen-bond acceptors (Lipinski definition) is 6. The fourth-order valence-electron chi connectivity index (χ4n) is 2.86. The molecule has 1 heterocycles. The van der Waals surface area contributed by atoms with Crippen LogP contribution in [-0.2, 0) is 24.3 Å². The number of carbonyl (C=O) groups excluding carboxylic acids is 2. The highest BCUT2D eigenvalue weighted by Crippen LogP contribution is 2.28. The van der Waals surface area contributed by atoms with Crippen molar-refractivity contribution in [1.82, 2.24) is 20.7 Å². The lowest BCUT2D eigenvalue weighted by atomic mass is 9.79. The minimum atomic E-state index is -3.68. The highest BCUT2D eigenvalue weighted by molar-refractivity contribution is 7.89. The number of amides is 2. The van der Waals surface area contributed by atoms with Crippen LogP contribution >= 0.6 is 0 Å². The maximum atomic E-state index is 12.0. The van der Waals surface area contributed by atoms with Crippen LogP contribution in [0, 0.1) is 5.41 Å². The molecule has 0 atom stereocenters. The molecule has 0 radical (unpaired) electrons. The second-order valence-corrected chi connectivity index (χ2v) is 9.00. The van der Waals surface area contributed by atoms with Gasteiger partial charge in [0.2, 0.25) is 21.8 Å². The van der Waals surface area contributed by atoms with Gasteiger partial charge in [-0.3, -0.25) is 9.59 Å². The van der Waals surface area contributed by atoms with Crippen LogP contribution < -0.4 is 20.7 Å². The molecule has 2 amide bonds. The van der Waals surface area contributed by atoms with Crippen LogP contribution in [0.5, 0.6) is 0 Å². The van der Waals surface area contributed by atoms with Crippen molar-refractivity contribution in [3.8, 4) is 0 Å². The summed E-state index contributed by atoms with van der Waals surface area (Å²) in [4.78, 5) is 23.5. The molecule has 0 saturated carbocycles. The van der Waals surface area contributed by atoms with Crippen LogP contribution in [0.25, 0.3) is 0 Å². The predicted octanol–water partition coefficient (Wildman–Crippen LogP) is -1.05. The van der Waals surface area contributed by atoms with E-state index in [2.05, 4.69) is 20.7 Å². The van der Waals surface area contributed by atoms with Crippen molar-refractivity contribution >= 4 is 21.8 Å². The Labute approximate surface area is 156 Å². The Morgan fingerprint density at radius 2 is 1.85 bits per heavy atom. The summed E-state index contributed by atoms with van der Waals surface area (Å²) in [5.41, 5.74) is -0.109. The van der Waals surface area contributed by atoms with Gasteiger partial charge in [-0.1, -0.05) is 0 Å². The van der Waals surface area contributed by atoms with Crippen molar-refractivity contribution in [2.45, 2.75) is 39.2 Å². The number of piperidine rings is 1. The molecule has 10 heteroatoms. The van der Waals surface area contributed by atoms with E-state index in [-0.39, 0.29) is 36.1 Å². The second kappa shape index (κ2) is 10.8. The molecule has 0 bridgehead atoms. The molecule has 152 valence electrons. The van der Waals surface area contributed by atoms with Gasteiger partial charge in [-0.2, -0.15) is 0 Å². The summed E-state index contributed by atoms with van der Waals surface area (Å²) in [5, 5.41) is 8.69. The lowest BCUT2D eigenvalue weighted by molar-refractivity contribution is -0.121. The average molecular weight is 393 g/mol. The standard InChI is InChI=1S/C16H32N4O5S/c1-13(2)20-15(22)10-19-26(23,24)9-4-14(21)18-11-16(12-25-3)5-7-17-8-6-16/h13,17,19H,4-12H2,1-3H3,(H,18,21)(H,20,22). The van der Waals surface area contributed by atoms with E-state index in [0.717, 1.165) is 25.9 Å². The minimum absolute atomic E-state index is 0.0628. The van der Waals surface area contributed by atoms with Gasteiger partial charge in [-0.05, 0) is 39.8 Å². The first-order chi connectivity index (χ1) is 12.2. The van der Waals surface area contributed by atoms with Gasteiger partial charge in [-0.15, -0.1) is 0 Å². The van der Waals surface area contributed by atoms with Crippen LogP contribution in [-0.4, -0.2) is 71.9 Å². The molecule has 0 aromatic heterocycles. The number of nitrogens with one attached hydrogen (secondary N) is 4. The Balaban J connectivity index is 2.36. The van der Waals surface area contributed by atoms with E-state index in [1.807, 2.05) is 0 Å². The van der Waals surface area contributed by atoms with Crippen LogP contribution in [0.3, 0.4) is 0 Å². The number of rotatable bonds is 11. The molecule has 9 nitrogen and oxygen atoms in total. The molecule has 0 aromatic carbocycles. The maximum Gasteiger partial charge on any atom is 0.235 e. The lowest BCUT2D eigenvalue weighted by Gasteiger charge is -2.37. The van der Waals surface area contributed by atoms with E-state index in [9.17, 15) is 18.0 Å². The zero-order valence-corrected chi connectivity index (χ0v) is 16.7. The largest absolute Gasteiger partial charge is 0.384 e. The minimum Gasteiger partial charge on any atom is -0.384 e. The van der Waals surface area contributed by atoms with Gasteiger partial charge >= 0.3 is 0 Å². The Morgan fingerprint density at radius 1 is 1.19 bits per heavy atom. The van der Waals surface area contributed by atoms with Crippen molar-refractivity contribution in [2.24, 2.45) is 5.41 Å². The SMILES string of the molecule is COCC1(CNC(=O)CCS(=O)(=O)NCC(=O)NC(C)C)CCNCC1. The number of sulfonamides is 1. The number of hydrogen-bond donors (Lipinski definition) is 4. The molecule has 1 aliphatic rings. The van der Waals surface area contributed by atoms with E-state index in [4.69, 9.17) is 4.74 Å². The normalized spacial score (nSPS) is 17.1. The van der Waals surface area contributed by atoms with Gasteiger partial charge in [0.25, 0.3) is 0 Å². The number of methoxy groups -OCH3 is 1. The Bertz CT molecular complexity index is 553. The molecule has 1 aliphatic heterocycles. The van der Waals surface area contributed by atoms with Gasteiger partial charge in [0.15, 0.2) is 0 Å². The first kappa shape index (κ1) is 22.8. The first-order valence-electron chi connectivity index (χ1n) is 8.91. The van der Waals surface area contributed by atoms with E-state index in [1.165, 1.54) is 0 Å². The first-order valence-corrected chi connectivity index (χ1v) is 10.6. The van der Waals surface area contributed by atoms with E-state index in [0.29, 0.717) is 13.2 Å². The molecule has 0 aliphatic carbocycles. The van der Waals surface area contributed by atoms with Crippen LogP contribution in [0.4, 0.5) is 0 Å². The second-order valence-electron chi connectivity index (χ2n) is 7.07. The molecular formula is C16H32N4O5S. The van der Waals surface area contributed by atoms with Crippen LogP contribution in [0.2, 0.25) is 0 Å². The maximum absolute atomic E-state index is 12.0. The molecule has 26 heavy (non-hydrogen) atoms. The van der Waals surface area contributed by atoms with E-state index < -0.39 is 15.9 Å². The summed E-state index contributed by atoms with van der Waals surface area (Å²) in [6, 6.07) is -0.0628. The predicted molar refractivity (Wildman–Crippen MR) is 99.1 cm³/mol. The molecule has 1 rings (SSSR count). The Kier molecular flexibility index (Phi) is 9.48. The fraction of sp³-hybridized carbons (Fsp3) is 0.875. The average Bonchev–Trinajstić information content (AvgIpc) is 2.57. The summed E-state index contributed by atoms with van der Waals surface area (Å²) < 4.78 is 31.3. The molecule has 4 N–H and O–H groups in total. The summed E-state index contributed by atoms with van der Waals surface area (Å²) in [5.74, 6) is -1.08. The molecule has 0 unspecified atom stereocenters. The van der Waals surface area contributed by atoms with Gasteiger partial charge in [-0.25, -0.2) is 13.1 Å². The third-order valence-corrected chi connectivity index (χ3v) is 5.60. The molecule has 1 saturated heterocycles.